The normalized spacial score (nSPS) is 10.9. The molecule has 0 atom stereocenters. The summed E-state index contributed by atoms with van der Waals surface area (Å²) < 4.78 is 7.31. The summed E-state index contributed by atoms with van der Waals surface area (Å²) in [7, 11) is 0. The number of anilines is 1. The maximum absolute atomic E-state index is 9.39. The van der Waals surface area contributed by atoms with Gasteiger partial charge in [-0.3, -0.25) is 9.97 Å². The summed E-state index contributed by atoms with van der Waals surface area (Å²) in [6, 6.07) is 17.2. The Morgan fingerprint density at radius 2 is 1.91 bits per heavy atom. The van der Waals surface area contributed by atoms with Gasteiger partial charge < -0.3 is 10.5 Å². The van der Waals surface area contributed by atoms with Gasteiger partial charge in [0.2, 0.25) is 5.95 Å². The van der Waals surface area contributed by atoms with Crippen LogP contribution in [0.15, 0.2) is 60.9 Å². The number of ether oxygens (including phenoxy) is 1. The molecule has 4 aromatic heterocycles. The van der Waals surface area contributed by atoms with Crippen molar-refractivity contribution in [2.45, 2.75) is 20.5 Å². The van der Waals surface area contributed by atoms with Crippen molar-refractivity contribution in [1.82, 2.24) is 29.5 Å². The quantitative estimate of drug-likeness (QED) is 0.429. The molecule has 0 fully saturated rings. The van der Waals surface area contributed by atoms with Crippen LogP contribution in [0.25, 0.3) is 28.0 Å². The van der Waals surface area contributed by atoms with Crippen molar-refractivity contribution in [2.24, 2.45) is 0 Å². The van der Waals surface area contributed by atoms with E-state index in [-0.39, 0.29) is 18.6 Å². The molecule has 4 heterocycles. The number of aromatic nitrogens is 6. The summed E-state index contributed by atoms with van der Waals surface area (Å²) in [4.78, 5) is 18.0. The van der Waals surface area contributed by atoms with E-state index in [0.717, 1.165) is 33.6 Å². The second-order valence-electron chi connectivity index (χ2n) is 7.77. The molecule has 0 radical (unpaired) electrons. The van der Waals surface area contributed by atoms with Crippen molar-refractivity contribution < 1.29 is 4.74 Å². The number of nitrogens with two attached hydrogens (primary N) is 1. The fourth-order valence-corrected chi connectivity index (χ4v) is 3.76. The summed E-state index contributed by atoms with van der Waals surface area (Å²) >= 11 is 0. The Morgan fingerprint density at radius 3 is 2.71 bits per heavy atom. The molecule has 0 aliphatic carbocycles. The van der Waals surface area contributed by atoms with E-state index in [1.54, 1.807) is 24.5 Å². The zero-order valence-electron chi connectivity index (χ0n) is 18.6. The average Bonchev–Trinajstić information content (AvgIpc) is 3.28. The number of pyridine rings is 2. The van der Waals surface area contributed by atoms with Crippen LogP contribution in [0.1, 0.15) is 22.5 Å². The molecule has 9 nitrogen and oxygen atoms in total. The first-order valence-electron chi connectivity index (χ1n) is 10.6. The van der Waals surface area contributed by atoms with Crippen molar-refractivity contribution in [2.75, 3.05) is 5.73 Å². The Balaban J connectivity index is 1.68. The van der Waals surface area contributed by atoms with Crippen LogP contribution in [0.3, 0.4) is 0 Å². The first kappa shape index (κ1) is 21.0. The van der Waals surface area contributed by atoms with Crippen molar-refractivity contribution in [1.29, 1.82) is 5.26 Å². The largest absolute Gasteiger partial charge is 0.456 e. The van der Waals surface area contributed by atoms with E-state index in [2.05, 4.69) is 31.1 Å². The van der Waals surface area contributed by atoms with Gasteiger partial charge in [0.25, 0.3) is 0 Å². The summed E-state index contributed by atoms with van der Waals surface area (Å²) in [5, 5.41) is 13.8. The SMILES string of the molecule is Cc1cccc(COc2nc3c(-c4ccncc4C)c(-c4cccc(C#N)c4)nc(N)n3n2)n1. The van der Waals surface area contributed by atoms with E-state index in [0.29, 0.717) is 16.9 Å². The predicted molar refractivity (Wildman–Crippen MR) is 127 cm³/mol. The lowest BCUT2D eigenvalue weighted by Crippen LogP contribution is -2.06. The zero-order valence-corrected chi connectivity index (χ0v) is 18.6. The molecule has 0 unspecified atom stereocenters. The molecule has 1 aromatic carbocycles. The monoisotopic (exact) mass is 448 g/mol. The van der Waals surface area contributed by atoms with Crippen LogP contribution in [0, 0.1) is 25.2 Å². The Morgan fingerprint density at radius 1 is 1.06 bits per heavy atom. The van der Waals surface area contributed by atoms with E-state index >= 15 is 0 Å². The molecule has 2 N–H and O–H groups in total. The van der Waals surface area contributed by atoms with Crippen LogP contribution < -0.4 is 10.5 Å². The summed E-state index contributed by atoms with van der Waals surface area (Å²) in [5.41, 5.74) is 12.8. The Hall–Kier alpha value is -4.84. The van der Waals surface area contributed by atoms with Crippen LogP contribution >= 0.6 is 0 Å². The number of hydrogen-bond donors (Lipinski definition) is 1. The molecule has 166 valence electrons. The lowest BCUT2D eigenvalue weighted by atomic mass is 9.97. The molecule has 0 aliphatic heterocycles. The number of hydrogen-bond acceptors (Lipinski definition) is 8. The highest BCUT2D eigenvalue weighted by Gasteiger charge is 2.22. The summed E-state index contributed by atoms with van der Waals surface area (Å²) in [6.07, 6.45) is 3.48. The van der Waals surface area contributed by atoms with E-state index in [9.17, 15) is 5.26 Å². The van der Waals surface area contributed by atoms with Gasteiger partial charge in [-0.2, -0.15) is 14.8 Å². The van der Waals surface area contributed by atoms with Gasteiger partial charge in [0.1, 0.15) is 6.61 Å². The summed E-state index contributed by atoms with van der Waals surface area (Å²) in [6.45, 7) is 4.10. The Kier molecular flexibility index (Phi) is 5.32. The topological polar surface area (TPSA) is 128 Å². The molecule has 0 spiro atoms. The zero-order chi connectivity index (χ0) is 23.7. The number of nitriles is 1. The third-order valence-electron chi connectivity index (χ3n) is 5.34. The van der Waals surface area contributed by atoms with Gasteiger partial charge in [0.05, 0.1) is 28.6 Å². The number of nitrogens with zero attached hydrogens (tertiary/aromatic N) is 7. The molecular formula is C25H20N8O. The lowest BCUT2D eigenvalue weighted by molar-refractivity contribution is 0.277. The highest BCUT2D eigenvalue weighted by atomic mass is 16.5. The second kappa shape index (κ2) is 8.60. The van der Waals surface area contributed by atoms with Crippen LogP contribution in [-0.2, 0) is 6.61 Å². The first-order valence-corrected chi connectivity index (χ1v) is 10.6. The van der Waals surface area contributed by atoms with Gasteiger partial charge in [-0.25, -0.2) is 4.98 Å². The lowest BCUT2D eigenvalue weighted by Gasteiger charge is -2.13. The molecule has 5 aromatic rings. The van der Waals surface area contributed by atoms with E-state index < -0.39 is 0 Å². The number of nitrogen functional groups attached to an aromatic ring is 1. The molecular weight excluding hydrogens is 428 g/mol. The van der Waals surface area contributed by atoms with Crippen molar-refractivity contribution in [3.05, 3.63) is 83.4 Å². The minimum Gasteiger partial charge on any atom is -0.456 e. The molecule has 9 heteroatoms. The number of rotatable bonds is 5. The number of fused-ring (bicyclic) bond motifs is 1. The van der Waals surface area contributed by atoms with E-state index in [4.69, 9.17) is 10.5 Å². The van der Waals surface area contributed by atoms with E-state index in [1.807, 2.05) is 50.2 Å². The molecule has 34 heavy (non-hydrogen) atoms. The van der Waals surface area contributed by atoms with Gasteiger partial charge in [-0.1, -0.05) is 18.2 Å². The van der Waals surface area contributed by atoms with E-state index in [1.165, 1.54) is 4.52 Å². The highest BCUT2D eigenvalue weighted by Crippen LogP contribution is 2.36. The van der Waals surface area contributed by atoms with Gasteiger partial charge in [0.15, 0.2) is 5.65 Å². The molecule has 0 saturated heterocycles. The minimum absolute atomic E-state index is 0.152. The van der Waals surface area contributed by atoms with Gasteiger partial charge in [-0.15, -0.1) is 5.10 Å². The fraction of sp³-hybridized carbons (Fsp3) is 0.120. The van der Waals surface area contributed by atoms with Crippen molar-refractivity contribution in [3.63, 3.8) is 0 Å². The Bertz CT molecular complexity index is 1570. The summed E-state index contributed by atoms with van der Waals surface area (Å²) in [5.74, 6) is 0.152. The van der Waals surface area contributed by atoms with Crippen molar-refractivity contribution >= 4 is 11.6 Å². The third-order valence-corrected chi connectivity index (χ3v) is 5.34. The number of benzene rings is 1. The Labute approximate surface area is 195 Å². The van der Waals surface area contributed by atoms with Crippen LogP contribution in [0.5, 0.6) is 6.01 Å². The maximum atomic E-state index is 9.39. The van der Waals surface area contributed by atoms with Crippen molar-refractivity contribution in [3.8, 4) is 34.5 Å². The van der Waals surface area contributed by atoms with Gasteiger partial charge >= 0.3 is 6.01 Å². The van der Waals surface area contributed by atoms with Crippen LogP contribution in [-0.4, -0.2) is 29.5 Å². The molecule has 0 bridgehead atoms. The fourth-order valence-electron chi connectivity index (χ4n) is 3.76. The highest BCUT2D eigenvalue weighted by molar-refractivity contribution is 5.92. The molecule has 5 rings (SSSR count). The average molecular weight is 448 g/mol. The molecule has 0 amide bonds. The second-order valence-corrected chi connectivity index (χ2v) is 7.77. The van der Waals surface area contributed by atoms with Crippen LogP contribution in [0.4, 0.5) is 5.95 Å². The van der Waals surface area contributed by atoms with Gasteiger partial charge in [-0.05, 0) is 55.3 Å². The maximum Gasteiger partial charge on any atom is 0.336 e. The molecule has 0 aliphatic rings. The first-order chi connectivity index (χ1) is 16.5. The smallest absolute Gasteiger partial charge is 0.336 e. The molecule has 0 saturated carbocycles. The predicted octanol–water partition coefficient (Wildman–Crippen LogP) is 3.90. The minimum atomic E-state index is 0.152. The van der Waals surface area contributed by atoms with Gasteiger partial charge in [0, 0.05) is 23.7 Å². The third kappa shape index (κ3) is 3.89. The standard InChI is InChI=1S/C25H20N8O/c1-15-13-28-10-9-20(15)21-22(18-7-4-6-17(11-18)12-26)30-24(27)33-23(21)31-25(32-33)34-14-19-8-3-5-16(2)29-19/h3-11,13H,14H2,1-2H3,(H2,27,30). The van der Waals surface area contributed by atoms with Crippen LogP contribution in [0.2, 0.25) is 0 Å². The number of aryl methyl sites for hydroxylation is 2.